The lowest BCUT2D eigenvalue weighted by Gasteiger charge is -2.43. The van der Waals surface area contributed by atoms with Crippen molar-refractivity contribution in [2.24, 2.45) is 0 Å². The molecular weight excluding hydrogens is 565 g/mol. The number of carbonyl (C=O) groups is 1. The second kappa shape index (κ2) is 10.9. The fourth-order valence-corrected chi connectivity index (χ4v) is 5.81. The van der Waals surface area contributed by atoms with Crippen molar-refractivity contribution in [1.29, 1.82) is 0 Å². The molecule has 6 rings (SSSR count). The zero-order valence-corrected chi connectivity index (χ0v) is 23.8. The first-order valence-electron chi connectivity index (χ1n) is 14.3. The van der Waals surface area contributed by atoms with Crippen LogP contribution in [0.1, 0.15) is 98.0 Å². The van der Waals surface area contributed by atoms with E-state index in [1.807, 2.05) is 0 Å². The van der Waals surface area contributed by atoms with Crippen LogP contribution in [0.4, 0.5) is 13.2 Å². The number of benzene rings is 1. The topological polar surface area (TPSA) is 124 Å². The minimum absolute atomic E-state index is 0.00832. The van der Waals surface area contributed by atoms with Gasteiger partial charge >= 0.3 is 12.1 Å². The predicted molar refractivity (Wildman–Crippen MR) is 147 cm³/mol. The molecule has 43 heavy (non-hydrogen) atoms. The number of carboxylic acids is 1. The van der Waals surface area contributed by atoms with E-state index in [4.69, 9.17) is 18.9 Å². The van der Waals surface area contributed by atoms with Crippen LogP contribution in [0.5, 0.6) is 0 Å². The monoisotopic (exact) mass is 596 g/mol. The summed E-state index contributed by atoms with van der Waals surface area (Å²) in [5, 5.41) is 17.3. The summed E-state index contributed by atoms with van der Waals surface area (Å²) < 4.78 is 59.5. The zero-order valence-electron chi connectivity index (χ0n) is 23.8. The van der Waals surface area contributed by atoms with Gasteiger partial charge in [0.2, 0.25) is 11.7 Å². The first-order valence-corrected chi connectivity index (χ1v) is 14.3. The first kappa shape index (κ1) is 29.0. The van der Waals surface area contributed by atoms with Crippen molar-refractivity contribution >= 4 is 5.97 Å². The third kappa shape index (κ3) is 5.67. The van der Waals surface area contributed by atoms with Gasteiger partial charge in [-0.3, -0.25) is 0 Å². The number of halogens is 3. The van der Waals surface area contributed by atoms with E-state index in [9.17, 15) is 18.0 Å². The van der Waals surface area contributed by atoms with Crippen LogP contribution >= 0.6 is 0 Å². The minimum atomic E-state index is -4.53. The van der Waals surface area contributed by atoms with Gasteiger partial charge in [-0.1, -0.05) is 42.4 Å². The summed E-state index contributed by atoms with van der Waals surface area (Å²) in [4.78, 5) is 19.6. The third-order valence-electron chi connectivity index (χ3n) is 8.87. The molecule has 2 aliphatic carbocycles. The molecule has 2 saturated carbocycles. The first-order chi connectivity index (χ1) is 20.5. The maximum atomic E-state index is 13.9. The molecule has 3 aromatic heterocycles. The molecule has 2 aliphatic rings. The van der Waals surface area contributed by atoms with E-state index in [0.717, 1.165) is 25.3 Å². The Labute approximate surface area is 245 Å². The molecule has 0 amide bonds. The Hall–Kier alpha value is -4.06. The molecule has 0 radical (unpaired) electrons. The van der Waals surface area contributed by atoms with Crippen LogP contribution in [0.3, 0.4) is 0 Å². The number of hydrogen-bond acceptors (Lipinski definition) is 8. The van der Waals surface area contributed by atoms with Crippen molar-refractivity contribution in [3.05, 3.63) is 71.1 Å². The Morgan fingerprint density at radius 2 is 1.81 bits per heavy atom. The summed E-state index contributed by atoms with van der Waals surface area (Å²) in [6.45, 7) is 4.22. The van der Waals surface area contributed by atoms with Crippen molar-refractivity contribution in [2.75, 3.05) is 0 Å². The standard InChI is InChI=1S/C31H31F3N4O5/c1-3-30(14-12-29(2,13-15-30)28-36-26(38-43-28)19-10-11-23(27(39)40)35-16-19)41-17-21-24(37-42-25(21)18-8-9-18)20-6-4-5-7-22(20)31(32,33)34/h4-7,10-11,16,18H,3,8-9,12-15,17H2,1-2H3,(H,39,40). The molecule has 12 heteroatoms. The molecule has 1 N–H and O–H groups in total. The molecule has 0 spiro atoms. The summed E-state index contributed by atoms with van der Waals surface area (Å²) in [5.74, 6) is 0.453. The third-order valence-corrected chi connectivity index (χ3v) is 8.87. The van der Waals surface area contributed by atoms with Gasteiger partial charge < -0.3 is 18.9 Å². The lowest BCUT2D eigenvalue weighted by atomic mass is 9.68. The number of rotatable bonds is 9. The molecule has 0 saturated heterocycles. The number of aromatic carboxylic acids is 1. The molecule has 4 aromatic rings. The molecule has 226 valence electrons. The van der Waals surface area contributed by atoms with Crippen LogP contribution < -0.4 is 0 Å². The van der Waals surface area contributed by atoms with Crippen LogP contribution in [-0.4, -0.2) is 37.0 Å². The van der Waals surface area contributed by atoms with E-state index >= 15 is 0 Å². The Kier molecular flexibility index (Phi) is 7.35. The second-order valence-electron chi connectivity index (χ2n) is 11.7. The second-order valence-corrected chi connectivity index (χ2v) is 11.7. The molecule has 3 heterocycles. The maximum absolute atomic E-state index is 13.9. The highest BCUT2D eigenvalue weighted by atomic mass is 19.4. The largest absolute Gasteiger partial charge is 0.477 e. The summed E-state index contributed by atoms with van der Waals surface area (Å²) in [6.07, 6.45) is 2.17. The van der Waals surface area contributed by atoms with Crippen molar-refractivity contribution < 1.29 is 36.9 Å². The number of aromatic nitrogens is 4. The highest BCUT2D eigenvalue weighted by molar-refractivity contribution is 5.85. The molecule has 0 aliphatic heterocycles. The van der Waals surface area contributed by atoms with Crippen molar-refractivity contribution in [2.45, 2.75) is 88.5 Å². The van der Waals surface area contributed by atoms with Crippen molar-refractivity contribution in [3.63, 3.8) is 0 Å². The van der Waals surface area contributed by atoms with Gasteiger partial charge in [-0.05, 0) is 63.1 Å². The summed E-state index contributed by atoms with van der Waals surface area (Å²) in [6, 6.07) is 8.41. The summed E-state index contributed by atoms with van der Waals surface area (Å²) in [7, 11) is 0. The highest BCUT2D eigenvalue weighted by Crippen LogP contribution is 2.49. The van der Waals surface area contributed by atoms with Gasteiger partial charge in [-0.25, -0.2) is 9.78 Å². The summed E-state index contributed by atoms with van der Waals surface area (Å²) >= 11 is 0. The normalized spacial score (nSPS) is 22.5. The molecule has 1 aromatic carbocycles. The highest BCUT2D eigenvalue weighted by Gasteiger charge is 2.45. The van der Waals surface area contributed by atoms with Crippen LogP contribution in [0.15, 0.2) is 51.6 Å². The Morgan fingerprint density at radius 3 is 2.44 bits per heavy atom. The van der Waals surface area contributed by atoms with Crippen LogP contribution in [0.2, 0.25) is 0 Å². The Morgan fingerprint density at radius 1 is 1.07 bits per heavy atom. The number of alkyl halides is 3. The van der Waals surface area contributed by atoms with Gasteiger partial charge in [0.15, 0.2) is 0 Å². The van der Waals surface area contributed by atoms with Gasteiger partial charge in [-0.2, -0.15) is 18.2 Å². The number of pyridine rings is 1. The van der Waals surface area contributed by atoms with Crippen molar-refractivity contribution in [1.82, 2.24) is 20.3 Å². The van der Waals surface area contributed by atoms with E-state index in [1.165, 1.54) is 24.4 Å². The lowest BCUT2D eigenvalue weighted by Crippen LogP contribution is -2.41. The van der Waals surface area contributed by atoms with E-state index in [1.54, 1.807) is 12.1 Å². The molecule has 2 fully saturated rings. The van der Waals surface area contributed by atoms with Crippen LogP contribution in [-0.2, 0) is 22.9 Å². The number of nitrogens with zero attached hydrogens (tertiary/aromatic N) is 4. The van der Waals surface area contributed by atoms with E-state index in [2.05, 4.69) is 34.1 Å². The average Bonchev–Trinajstić information content (AvgIpc) is 3.55. The Balaban J connectivity index is 1.19. The number of ether oxygens (including phenoxy) is 1. The maximum Gasteiger partial charge on any atom is 0.417 e. The molecule has 0 bridgehead atoms. The molecular formula is C31H31F3N4O5. The SMILES string of the molecule is CCC1(OCc2c(-c3ccccc3C(F)(F)F)noc2C2CC2)CCC(C)(c2nc(-c3ccc(C(=O)O)nc3)no2)CC1. The fourth-order valence-electron chi connectivity index (χ4n) is 5.81. The van der Waals surface area contributed by atoms with Gasteiger partial charge in [0.25, 0.3) is 0 Å². The average molecular weight is 597 g/mol. The Bertz CT molecular complexity index is 1620. The van der Waals surface area contributed by atoms with Gasteiger partial charge in [0.05, 0.1) is 17.8 Å². The van der Waals surface area contributed by atoms with E-state index < -0.39 is 28.7 Å². The van der Waals surface area contributed by atoms with Gasteiger partial charge in [-0.15, -0.1) is 0 Å². The quantitative estimate of drug-likeness (QED) is 0.208. The van der Waals surface area contributed by atoms with Crippen LogP contribution in [0.25, 0.3) is 22.6 Å². The number of hydrogen-bond donors (Lipinski definition) is 1. The summed E-state index contributed by atoms with van der Waals surface area (Å²) in [5.41, 5.74) is -0.407. The van der Waals surface area contributed by atoms with Crippen molar-refractivity contribution in [3.8, 4) is 22.6 Å². The molecule has 9 nitrogen and oxygen atoms in total. The molecule has 0 atom stereocenters. The van der Waals surface area contributed by atoms with Gasteiger partial charge in [0.1, 0.15) is 17.1 Å². The van der Waals surface area contributed by atoms with E-state index in [0.29, 0.717) is 54.3 Å². The zero-order chi connectivity index (χ0) is 30.4. The number of carboxylic acid groups (broad SMARTS) is 1. The lowest BCUT2D eigenvalue weighted by molar-refractivity contribution is -0.137. The smallest absolute Gasteiger partial charge is 0.417 e. The van der Waals surface area contributed by atoms with E-state index in [-0.39, 0.29) is 29.5 Å². The fraction of sp³-hybridized carbons (Fsp3) is 0.452. The van der Waals surface area contributed by atoms with Gasteiger partial charge in [0, 0.05) is 34.2 Å². The predicted octanol–water partition coefficient (Wildman–Crippen LogP) is 7.58. The minimum Gasteiger partial charge on any atom is -0.477 e. The molecule has 0 unspecified atom stereocenters. The van der Waals surface area contributed by atoms with Crippen LogP contribution in [0, 0.1) is 0 Å².